The molecule has 0 aromatic heterocycles. The molecule has 3 N–H and O–H groups in total. The van der Waals surface area contributed by atoms with Gasteiger partial charge in [-0.25, -0.2) is 0 Å². The molecule has 0 radical (unpaired) electrons. The molecule has 0 aliphatic rings. The number of amides is 1. The van der Waals surface area contributed by atoms with Crippen LogP contribution in [-0.4, -0.2) is 23.8 Å². The number of benzene rings is 1. The first-order valence-electron chi connectivity index (χ1n) is 7.55. The summed E-state index contributed by atoms with van der Waals surface area (Å²) >= 11 is 0. The second kappa shape index (κ2) is 9.59. The molecule has 5 heteroatoms. The van der Waals surface area contributed by atoms with Gasteiger partial charge in [0.1, 0.15) is 0 Å². The molecule has 4 nitrogen and oxygen atoms in total. The van der Waals surface area contributed by atoms with Crippen molar-refractivity contribution >= 4 is 24.1 Å². The Kier molecular flexibility index (Phi) is 8.99. The molecule has 22 heavy (non-hydrogen) atoms. The quantitative estimate of drug-likeness (QED) is 0.721. The lowest BCUT2D eigenvalue weighted by atomic mass is 9.94. The number of halogens is 1. The molecule has 0 unspecified atom stereocenters. The molecule has 1 aromatic rings. The van der Waals surface area contributed by atoms with Crippen molar-refractivity contribution in [3.05, 3.63) is 35.4 Å². The molecule has 0 bridgehead atoms. The topological polar surface area (TPSA) is 72.2 Å². The first-order valence-corrected chi connectivity index (χ1v) is 7.55. The standard InChI is InChI=1S/C17H26N2O2.ClH/c1-4-17(18,5-2)12-19-16(21)11-10-15(20)14-8-6-13(3)7-9-14;/h6-9H,4-5,10-12,18H2,1-3H3,(H,19,21);1H. The summed E-state index contributed by atoms with van der Waals surface area (Å²) in [7, 11) is 0. The van der Waals surface area contributed by atoms with E-state index < -0.39 is 0 Å². The van der Waals surface area contributed by atoms with Crippen LogP contribution in [0.4, 0.5) is 0 Å². The molecular formula is C17H27ClN2O2. The van der Waals surface area contributed by atoms with Crippen LogP contribution in [0, 0.1) is 6.92 Å². The van der Waals surface area contributed by atoms with Gasteiger partial charge < -0.3 is 11.1 Å². The number of rotatable bonds is 8. The number of carbonyl (C=O) groups excluding carboxylic acids is 2. The van der Waals surface area contributed by atoms with Crippen LogP contribution >= 0.6 is 12.4 Å². The van der Waals surface area contributed by atoms with E-state index in [0.29, 0.717) is 12.1 Å². The van der Waals surface area contributed by atoms with E-state index in [1.165, 1.54) is 0 Å². The summed E-state index contributed by atoms with van der Waals surface area (Å²) in [4.78, 5) is 23.8. The average molecular weight is 327 g/mol. The normalized spacial score (nSPS) is 10.7. The van der Waals surface area contributed by atoms with E-state index in [-0.39, 0.29) is 42.5 Å². The highest BCUT2D eigenvalue weighted by molar-refractivity contribution is 5.97. The van der Waals surface area contributed by atoms with E-state index in [2.05, 4.69) is 5.32 Å². The van der Waals surface area contributed by atoms with Crippen LogP contribution in [0.2, 0.25) is 0 Å². The first-order chi connectivity index (χ1) is 9.90. The van der Waals surface area contributed by atoms with E-state index in [4.69, 9.17) is 5.73 Å². The lowest BCUT2D eigenvalue weighted by molar-refractivity contribution is -0.121. The largest absolute Gasteiger partial charge is 0.354 e. The summed E-state index contributed by atoms with van der Waals surface area (Å²) in [5.41, 5.74) is 7.54. The highest BCUT2D eigenvalue weighted by Crippen LogP contribution is 2.10. The molecule has 0 atom stereocenters. The summed E-state index contributed by atoms with van der Waals surface area (Å²) in [6.45, 7) is 6.45. The minimum Gasteiger partial charge on any atom is -0.354 e. The Morgan fingerprint density at radius 1 is 1.09 bits per heavy atom. The van der Waals surface area contributed by atoms with Crippen molar-refractivity contribution in [1.82, 2.24) is 5.32 Å². The Morgan fingerprint density at radius 2 is 1.64 bits per heavy atom. The molecular weight excluding hydrogens is 300 g/mol. The van der Waals surface area contributed by atoms with Crippen molar-refractivity contribution in [2.75, 3.05) is 6.54 Å². The zero-order chi connectivity index (χ0) is 15.9. The lowest BCUT2D eigenvalue weighted by Gasteiger charge is -2.26. The van der Waals surface area contributed by atoms with Crippen molar-refractivity contribution in [2.45, 2.75) is 52.0 Å². The van der Waals surface area contributed by atoms with Gasteiger partial charge in [0.2, 0.25) is 5.91 Å². The minimum atomic E-state index is -0.351. The number of aryl methyl sites for hydroxylation is 1. The lowest BCUT2D eigenvalue weighted by Crippen LogP contribution is -2.49. The van der Waals surface area contributed by atoms with Crippen molar-refractivity contribution in [3.63, 3.8) is 0 Å². The maximum Gasteiger partial charge on any atom is 0.220 e. The van der Waals surface area contributed by atoms with E-state index in [1.807, 2.05) is 32.9 Å². The Labute approximate surface area is 139 Å². The van der Waals surface area contributed by atoms with E-state index in [0.717, 1.165) is 18.4 Å². The molecule has 1 aromatic carbocycles. The Bertz CT molecular complexity index is 482. The predicted octanol–water partition coefficient (Wildman–Crippen LogP) is 3.01. The third-order valence-electron chi connectivity index (χ3n) is 4.00. The van der Waals surface area contributed by atoms with Gasteiger partial charge in [-0.15, -0.1) is 12.4 Å². The Morgan fingerprint density at radius 3 is 2.14 bits per heavy atom. The second-order valence-electron chi connectivity index (χ2n) is 5.64. The van der Waals surface area contributed by atoms with Gasteiger partial charge in [0, 0.05) is 30.5 Å². The molecule has 124 valence electrons. The summed E-state index contributed by atoms with van der Waals surface area (Å²) in [5, 5.41) is 2.82. The van der Waals surface area contributed by atoms with Gasteiger partial charge in [-0.3, -0.25) is 9.59 Å². The maximum absolute atomic E-state index is 12.0. The van der Waals surface area contributed by atoms with Crippen LogP contribution in [0.25, 0.3) is 0 Å². The van der Waals surface area contributed by atoms with E-state index in [1.54, 1.807) is 12.1 Å². The van der Waals surface area contributed by atoms with E-state index in [9.17, 15) is 9.59 Å². The van der Waals surface area contributed by atoms with Crippen LogP contribution in [0.1, 0.15) is 55.5 Å². The van der Waals surface area contributed by atoms with Gasteiger partial charge in [0.25, 0.3) is 0 Å². The van der Waals surface area contributed by atoms with Crippen LogP contribution in [0.15, 0.2) is 24.3 Å². The number of nitrogens with two attached hydrogens (primary N) is 1. The molecule has 1 rings (SSSR count). The molecule has 0 aliphatic heterocycles. The highest BCUT2D eigenvalue weighted by Gasteiger charge is 2.20. The van der Waals surface area contributed by atoms with Crippen molar-refractivity contribution < 1.29 is 9.59 Å². The van der Waals surface area contributed by atoms with Gasteiger partial charge in [0.15, 0.2) is 5.78 Å². The van der Waals surface area contributed by atoms with Gasteiger partial charge >= 0.3 is 0 Å². The SMILES string of the molecule is CCC(N)(CC)CNC(=O)CCC(=O)c1ccc(C)cc1.Cl. The number of hydrogen-bond acceptors (Lipinski definition) is 3. The molecule has 0 aliphatic carbocycles. The van der Waals surface area contributed by atoms with Crippen LogP contribution < -0.4 is 11.1 Å². The van der Waals surface area contributed by atoms with Crippen molar-refractivity contribution in [2.24, 2.45) is 5.73 Å². The second-order valence-corrected chi connectivity index (χ2v) is 5.64. The summed E-state index contributed by atoms with van der Waals surface area (Å²) < 4.78 is 0. The van der Waals surface area contributed by atoms with Crippen molar-refractivity contribution in [3.8, 4) is 0 Å². The van der Waals surface area contributed by atoms with Gasteiger partial charge in [-0.2, -0.15) is 0 Å². The monoisotopic (exact) mass is 326 g/mol. The number of Topliss-reactive ketones (excluding diaryl/α,β-unsaturated/α-hetero) is 1. The smallest absolute Gasteiger partial charge is 0.220 e. The molecule has 1 amide bonds. The first kappa shape index (κ1) is 20.6. The molecule has 0 spiro atoms. The molecule has 0 saturated heterocycles. The van der Waals surface area contributed by atoms with Crippen molar-refractivity contribution in [1.29, 1.82) is 0 Å². The van der Waals surface area contributed by atoms with Crippen LogP contribution in [0.3, 0.4) is 0 Å². The third-order valence-corrected chi connectivity index (χ3v) is 4.00. The fraction of sp³-hybridized carbons (Fsp3) is 0.529. The summed E-state index contributed by atoms with van der Waals surface area (Å²) in [6.07, 6.45) is 2.05. The molecule has 0 heterocycles. The minimum absolute atomic E-state index is 0. The average Bonchev–Trinajstić information content (AvgIpc) is 2.51. The van der Waals surface area contributed by atoms with Crippen LogP contribution in [-0.2, 0) is 4.79 Å². The zero-order valence-corrected chi connectivity index (χ0v) is 14.5. The fourth-order valence-electron chi connectivity index (χ4n) is 1.97. The Balaban J connectivity index is 0.00000441. The van der Waals surface area contributed by atoms with E-state index >= 15 is 0 Å². The molecule has 0 saturated carbocycles. The number of hydrogen-bond donors (Lipinski definition) is 2. The third kappa shape index (κ3) is 6.58. The van der Waals surface area contributed by atoms with Crippen LogP contribution in [0.5, 0.6) is 0 Å². The maximum atomic E-state index is 12.0. The number of carbonyl (C=O) groups is 2. The van der Waals surface area contributed by atoms with Gasteiger partial charge in [-0.05, 0) is 19.8 Å². The predicted molar refractivity (Wildman–Crippen MR) is 92.5 cm³/mol. The molecule has 0 fully saturated rings. The number of nitrogens with one attached hydrogen (secondary N) is 1. The van der Waals surface area contributed by atoms with Gasteiger partial charge in [0.05, 0.1) is 0 Å². The zero-order valence-electron chi connectivity index (χ0n) is 13.6. The van der Waals surface area contributed by atoms with Gasteiger partial charge in [-0.1, -0.05) is 43.7 Å². The summed E-state index contributed by atoms with van der Waals surface area (Å²) in [6, 6.07) is 7.40. The number of ketones is 1. The summed E-state index contributed by atoms with van der Waals surface area (Å²) in [5.74, 6) is -0.123. The Hall–Kier alpha value is -1.39. The fourth-order valence-corrected chi connectivity index (χ4v) is 1.97. The highest BCUT2D eigenvalue weighted by atomic mass is 35.5.